The standard InChI is InChI=1S/C23H22N4O2/c1-15-8-7-10-17(20(14-15)29-2)23(28)26-18-11-4-3-9-16(18)21-25-19-12-5-6-13-24-22(19)27-21/h3-4,6-7,9-14H,5,8H2,1-2H3,(H,26,28)(H,24,25,27). The molecule has 29 heavy (non-hydrogen) atoms. The Balaban J connectivity index is 1.71. The lowest BCUT2D eigenvalue weighted by atomic mass is 10.1. The van der Waals surface area contributed by atoms with E-state index in [1.165, 1.54) is 0 Å². The number of para-hydroxylation sites is 1. The van der Waals surface area contributed by atoms with Crippen LogP contribution in [-0.4, -0.2) is 23.0 Å². The second-order valence-corrected chi connectivity index (χ2v) is 6.86. The molecule has 2 aromatic rings. The van der Waals surface area contributed by atoms with Gasteiger partial charge in [-0.1, -0.05) is 35.9 Å². The van der Waals surface area contributed by atoms with Crippen LogP contribution >= 0.6 is 0 Å². The Morgan fingerprint density at radius 1 is 1.24 bits per heavy atom. The molecule has 1 aliphatic carbocycles. The Labute approximate surface area is 168 Å². The number of benzene rings is 1. The summed E-state index contributed by atoms with van der Waals surface area (Å²) in [7, 11) is 1.57. The van der Waals surface area contributed by atoms with Crippen LogP contribution in [0.3, 0.4) is 0 Å². The van der Waals surface area contributed by atoms with Gasteiger partial charge in [-0.3, -0.25) is 4.79 Å². The zero-order valence-electron chi connectivity index (χ0n) is 16.4. The topological polar surface area (TPSA) is 79.4 Å². The number of nitrogens with zero attached hydrogens (tertiary/aromatic N) is 2. The number of hydrogen-bond donors (Lipinski definition) is 2. The van der Waals surface area contributed by atoms with Gasteiger partial charge in [-0.2, -0.15) is 0 Å². The third-order valence-corrected chi connectivity index (χ3v) is 4.73. The van der Waals surface area contributed by atoms with E-state index >= 15 is 0 Å². The molecule has 2 N–H and O–H groups in total. The van der Waals surface area contributed by atoms with Crippen molar-refractivity contribution in [3.8, 4) is 11.4 Å². The van der Waals surface area contributed by atoms with Crippen LogP contribution in [0.25, 0.3) is 17.5 Å². The molecule has 0 unspecified atom stereocenters. The molecule has 1 amide bonds. The lowest BCUT2D eigenvalue weighted by Crippen LogP contribution is -2.23. The molecule has 6 nitrogen and oxygen atoms in total. The van der Waals surface area contributed by atoms with Crippen molar-refractivity contribution < 1.29 is 9.53 Å². The van der Waals surface area contributed by atoms with Gasteiger partial charge < -0.3 is 15.0 Å². The van der Waals surface area contributed by atoms with Gasteiger partial charge >= 0.3 is 0 Å². The van der Waals surface area contributed by atoms with Crippen molar-refractivity contribution in [3.05, 3.63) is 82.5 Å². The molecule has 0 atom stereocenters. The van der Waals surface area contributed by atoms with Gasteiger partial charge in [0.1, 0.15) is 11.6 Å². The van der Waals surface area contributed by atoms with Crippen molar-refractivity contribution in [2.75, 3.05) is 12.4 Å². The van der Waals surface area contributed by atoms with Gasteiger partial charge in [-0.15, -0.1) is 0 Å². The summed E-state index contributed by atoms with van der Waals surface area (Å²) >= 11 is 0. The van der Waals surface area contributed by atoms with Crippen molar-refractivity contribution >= 4 is 17.7 Å². The van der Waals surface area contributed by atoms with Crippen LogP contribution in [0.5, 0.6) is 0 Å². The SMILES string of the molecule is COC1=C(C(=O)Nc2ccccc2-c2nc3c([nH]2)=CCC=CN=3)C=CCC(C)=C1. The lowest BCUT2D eigenvalue weighted by Gasteiger charge is -2.12. The number of rotatable bonds is 4. The number of aromatic nitrogens is 2. The third-order valence-electron chi connectivity index (χ3n) is 4.73. The zero-order valence-corrected chi connectivity index (χ0v) is 16.4. The minimum atomic E-state index is -0.233. The first-order chi connectivity index (χ1) is 14.2. The summed E-state index contributed by atoms with van der Waals surface area (Å²) in [6.45, 7) is 2.01. The number of carbonyl (C=O) groups excluding carboxylic acids is 1. The number of methoxy groups -OCH3 is 1. The first kappa shape index (κ1) is 18.7. The summed E-state index contributed by atoms with van der Waals surface area (Å²) in [5.41, 5.74) is 3.73. The highest BCUT2D eigenvalue weighted by atomic mass is 16.5. The Morgan fingerprint density at radius 3 is 2.97 bits per heavy atom. The molecular weight excluding hydrogens is 364 g/mol. The molecule has 0 fully saturated rings. The van der Waals surface area contributed by atoms with E-state index in [0.29, 0.717) is 28.3 Å². The molecule has 0 radical (unpaired) electrons. The number of ether oxygens (including phenoxy) is 1. The number of H-pyrrole nitrogens is 1. The van der Waals surface area contributed by atoms with Gasteiger partial charge in [0.25, 0.3) is 5.91 Å². The maximum atomic E-state index is 13.0. The first-order valence-corrected chi connectivity index (χ1v) is 9.47. The van der Waals surface area contributed by atoms with Crippen molar-refractivity contribution in [3.63, 3.8) is 0 Å². The van der Waals surface area contributed by atoms with Crippen LogP contribution in [-0.2, 0) is 9.53 Å². The summed E-state index contributed by atoms with van der Waals surface area (Å²) in [4.78, 5) is 25.3. The van der Waals surface area contributed by atoms with Crippen LogP contribution in [0.15, 0.2) is 76.7 Å². The summed E-state index contributed by atoms with van der Waals surface area (Å²) in [5.74, 6) is 0.981. The molecular formula is C23H22N4O2. The average molecular weight is 386 g/mol. The number of allylic oxidation sites excluding steroid dienone is 4. The molecule has 0 bridgehead atoms. The van der Waals surface area contributed by atoms with Gasteiger partial charge in [0, 0.05) is 11.8 Å². The highest BCUT2D eigenvalue weighted by Crippen LogP contribution is 2.26. The molecule has 0 saturated heterocycles. The molecule has 1 aromatic heterocycles. The number of amides is 1. The van der Waals surface area contributed by atoms with Crippen LogP contribution in [0.2, 0.25) is 0 Å². The summed E-state index contributed by atoms with van der Waals surface area (Å²) < 4.78 is 5.44. The van der Waals surface area contributed by atoms with E-state index in [0.717, 1.165) is 29.3 Å². The number of fused-ring (bicyclic) bond motifs is 1. The molecule has 2 aliphatic rings. The molecule has 1 aliphatic heterocycles. The van der Waals surface area contributed by atoms with Gasteiger partial charge in [-0.05, 0) is 44.1 Å². The fourth-order valence-corrected chi connectivity index (χ4v) is 3.27. The van der Waals surface area contributed by atoms with Crippen molar-refractivity contribution in [2.24, 2.45) is 4.99 Å². The molecule has 2 heterocycles. The second kappa shape index (κ2) is 8.14. The molecule has 0 saturated carbocycles. The van der Waals surface area contributed by atoms with Crippen LogP contribution in [0.1, 0.15) is 19.8 Å². The summed E-state index contributed by atoms with van der Waals surface area (Å²) in [6.07, 6.45) is 13.0. The van der Waals surface area contributed by atoms with Crippen molar-refractivity contribution in [2.45, 2.75) is 19.8 Å². The fourth-order valence-electron chi connectivity index (χ4n) is 3.27. The molecule has 1 aromatic carbocycles. The maximum Gasteiger partial charge on any atom is 0.259 e. The second-order valence-electron chi connectivity index (χ2n) is 6.86. The van der Waals surface area contributed by atoms with E-state index in [9.17, 15) is 4.79 Å². The number of imidazole rings is 1. The maximum absolute atomic E-state index is 13.0. The quantitative estimate of drug-likeness (QED) is 0.847. The Bertz CT molecular complexity index is 1200. The predicted molar refractivity (Wildman–Crippen MR) is 113 cm³/mol. The van der Waals surface area contributed by atoms with Crippen molar-refractivity contribution in [1.82, 2.24) is 9.97 Å². The van der Waals surface area contributed by atoms with Gasteiger partial charge in [0.05, 0.1) is 23.7 Å². The fraction of sp³-hybridized carbons (Fsp3) is 0.174. The van der Waals surface area contributed by atoms with Crippen LogP contribution in [0, 0.1) is 0 Å². The number of anilines is 1. The molecule has 146 valence electrons. The minimum absolute atomic E-state index is 0.233. The number of aromatic amines is 1. The molecule has 4 rings (SSSR count). The number of carbonyl (C=O) groups is 1. The minimum Gasteiger partial charge on any atom is -0.496 e. The van der Waals surface area contributed by atoms with E-state index < -0.39 is 0 Å². The Hall–Kier alpha value is -3.67. The highest BCUT2D eigenvalue weighted by Gasteiger charge is 2.17. The normalized spacial score (nSPS) is 15.4. The van der Waals surface area contributed by atoms with Crippen LogP contribution < -0.4 is 16.2 Å². The monoisotopic (exact) mass is 386 g/mol. The van der Waals surface area contributed by atoms with E-state index in [2.05, 4.69) is 20.3 Å². The van der Waals surface area contributed by atoms with Crippen LogP contribution in [0.4, 0.5) is 5.69 Å². The van der Waals surface area contributed by atoms with E-state index in [1.54, 1.807) is 19.4 Å². The summed E-state index contributed by atoms with van der Waals surface area (Å²) in [6, 6.07) is 7.57. The predicted octanol–water partition coefficient (Wildman–Crippen LogP) is 3.14. The lowest BCUT2D eigenvalue weighted by molar-refractivity contribution is -0.112. The number of hydrogen-bond acceptors (Lipinski definition) is 4. The molecule has 6 heteroatoms. The van der Waals surface area contributed by atoms with Gasteiger partial charge in [-0.25, -0.2) is 9.98 Å². The Kier molecular flexibility index (Phi) is 5.24. The zero-order chi connectivity index (χ0) is 20.2. The smallest absolute Gasteiger partial charge is 0.259 e. The third kappa shape index (κ3) is 3.96. The Morgan fingerprint density at radius 2 is 2.10 bits per heavy atom. The van der Waals surface area contributed by atoms with E-state index in [1.807, 2.05) is 55.5 Å². The molecule has 0 spiro atoms. The van der Waals surface area contributed by atoms with E-state index in [-0.39, 0.29) is 5.91 Å². The number of nitrogens with one attached hydrogen (secondary N) is 2. The van der Waals surface area contributed by atoms with E-state index in [4.69, 9.17) is 4.74 Å². The largest absolute Gasteiger partial charge is 0.496 e. The van der Waals surface area contributed by atoms with Gasteiger partial charge in [0.2, 0.25) is 0 Å². The van der Waals surface area contributed by atoms with Gasteiger partial charge in [0.15, 0.2) is 5.49 Å². The van der Waals surface area contributed by atoms with Crippen molar-refractivity contribution in [1.29, 1.82) is 0 Å². The highest BCUT2D eigenvalue weighted by molar-refractivity contribution is 6.08. The average Bonchev–Trinajstić information content (AvgIpc) is 2.87. The first-order valence-electron chi connectivity index (χ1n) is 9.47. The summed E-state index contributed by atoms with van der Waals surface area (Å²) in [5, 5.41) is 3.88.